The predicted molar refractivity (Wildman–Crippen MR) is 43.7 cm³/mol. The van der Waals surface area contributed by atoms with Crippen LogP contribution in [0.5, 0.6) is 0 Å². The van der Waals surface area contributed by atoms with E-state index in [1.165, 1.54) is 0 Å². The Morgan fingerprint density at radius 3 is 2.60 bits per heavy atom. The van der Waals surface area contributed by atoms with Crippen LogP contribution in [0, 0.1) is 12.7 Å². The van der Waals surface area contributed by atoms with Gasteiger partial charge in [0.25, 0.3) is 0 Å². The SMILES string of the molecule is Bc1ccc(N)c(C)c1F. The van der Waals surface area contributed by atoms with E-state index in [9.17, 15) is 4.39 Å². The lowest BCUT2D eigenvalue weighted by atomic mass is 9.93. The first-order valence-electron chi connectivity index (χ1n) is 3.14. The lowest BCUT2D eigenvalue weighted by molar-refractivity contribution is 0.628. The molecule has 1 rings (SSSR count). The van der Waals surface area contributed by atoms with E-state index in [0.29, 0.717) is 16.7 Å². The summed E-state index contributed by atoms with van der Waals surface area (Å²) in [6.45, 7) is 1.68. The largest absolute Gasteiger partial charge is 0.398 e. The van der Waals surface area contributed by atoms with Crippen molar-refractivity contribution >= 4 is 19.0 Å². The molecule has 0 radical (unpaired) electrons. The fourth-order valence-electron chi connectivity index (χ4n) is 0.835. The summed E-state index contributed by atoms with van der Waals surface area (Å²) in [6.07, 6.45) is 0. The summed E-state index contributed by atoms with van der Waals surface area (Å²) in [5.41, 5.74) is 7.15. The molecule has 10 heavy (non-hydrogen) atoms. The molecule has 3 heteroatoms. The quantitative estimate of drug-likeness (QED) is 0.394. The van der Waals surface area contributed by atoms with Crippen LogP contribution in [-0.2, 0) is 0 Å². The summed E-state index contributed by atoms with van der Waals surface area (Å²) in [4.78, 5) is 0. The third-order valence-corrected chi connectivity index (χ3v) is 1.62. The normalized spacial score (nSPS) is 9.80. The van der Waals surface area contributed by atoms with E-state index < -0.39 is 0 Å². The van der Waals surface area contributed by atoms with Crippen molar-refractivity contribution in [2.45, 2.75) is 6.92 Å². The predicted octanol–water partition coefficient (Wildman–Crippen LogP) is -0.0253. The number of hydrogen-bond donors (Lipinski definition) is 1. The Balaban J connectivity index is 3.34. The van der Waals surface area contributed by atoms with Gasteiger partial charge in [0.05, 0.1) is 0 Å². The van der Waals surface area contributed by atoms with Crippen molar-refractivity contribution in [2.24, 2.45) is 0 Å². The maximum absolute atomic E-state index is 12.9. The standard InChI is InChI=1S/C7H9BFN/c1-4-6(10)3-2-5(8)7(4)9/h2-3H,8,10H2,1H3. The van der Waals surface area contributed by atoms with E-state index in [-0.39, 0.29) is 5.82 Å². The first kappa shape index (κ1) is 7.13. The molecule has 1 nitrogen and oxygen atoms in total. The average Bonchev–Trinajstić information content (AvgIpc) is 1.93. The maximum Gasteiger partial charge on any atom is 0.143 e. The van der Waals surface area contributed by atoms with E-state index >= 15 is 0 Å². The second-order valence-electron chi connectivity index (χ2n) is 2.41. The molecule has 0 unspecified atom stereocenters. The highest BCUT2D eigenvalue weighted by Gasteiger charge is 2.02. The van der Waals surface area contributed by atoms with Gasteiger partial charge in [-0.1, -0.05) is 11.5 Å². The fourth-order valence-corrected chi connectivity index (χ4v) is 0.835. The second-order valence-corrected chi connectivity index (χ2v) is 2.41. The lowest BCUT2D eigenvalue weighted by Gasteiger charge is -2.02. The molecule has 2 N–H and O–H groups in total. The van der Waals surface area contributed by atoms with Crippen LogP contribution < -0.4 is 11.2 Å². The highest BCUT2D eigenvalue weighted by molar-refractivity contribution is 6.32. The van der Waals surface area contributed by atoms with Crippen LogP contribution in [0.4, 0.5) is 10.1 Å². The minimum absolute atomic E-state index is 0.194. The first-order chi connectivity index (χ1) is 4.63. The monoisotopic (exact) mass is 137 g/mol. The van der Waals surface area contributed by atoms with Gasteiger partial charge in [0.2, 0.25) is 0 Å². The lowest BCUT2D eigenvalue weighted by Crippen LogP contribution is -2.11. The molecule has 0 saturated heterocycles. The van der Waals surface area contributed by atoms with Gasteiger partial charge in [0.15, 0.2) is 0 Å². The van der Waals surface area contributed by atoms with Crippen LogP contribution in [-0.4, -0.2) is 7.85 Å². The summed E-state index contributed by atoms with van der Waals surface area (Å²) >= 11 is 0. The summed E-state index contributed by atoms with van der Waals surface area (Å²) < 4.78 is 12.9. The maximum atomic E-state index is 12.9. The van der Waals surface area contributed by atoms with Crippen molar-refractivity contribution in [3.8, 4) is 0 Å². The van der Waals surface area contributed by atoms with Crippen LogP contribution in [0.15, 0.2) is 12.1 Å². The number of nitrogens with two attached hydrogens (primary N) is 1. The van der Waals surface area contributed by atoms with Crippen molar-refractivity contribution < 1.29 is 4.39 Å². The molecule has 1 aromatic carbocycles. The summed E-state index contributed by atoms with van der Waals surface area (Å²) in [5.74, 6) is -0.194. The van der Waals surface area contributed by atoms with E-state index in [0.717, 1.165) is 0 Å². The van der Waals surface area contributed by atoms with E-state index in [1.54, 1.807) is 26.9 Å². The summed E-state index contributed by atoms with van der Waals surface area (Å²) in [6, 6.07) is 3.39. The minimum atomic E-state index is -0.194. The van der Waals surface area contributed by atoms with Gasteiger partial charge in [0.1, 0.15) is 13.7 Å². The third-order valence-electron chi connectivity index (χ3n) is 1.62. The van der Waals surface area contributed by atoms with Crippen LogP contribution >= 0.6 is 0 Å². The van der Waals surface area contributed by atoms with Gasteiger partial charge in [0, 0.05) is 11.3 Å². The van der Waals surface area contributed by atoms with Gasteiger partial charge < -0.3 is 5.73 Å². The molecule has 52 valence electrons. The van der Waals surface area contributed by atoms with Gasteiger partial charge in [-0.25, -0.2) is 4.39 Å². The van der Waals surface area contributed by atoms with Crippen LogP contribution in [0.3, 0.4) is 0 Å². The number of rotatable bonds is 0. The van der Waals surface area contributed by atoms with Crippen molar-refractivity contribution in [1.82, 2.24) is 0 Å². The topological polar surface area (TPSA) is 26.0 Å². The van der Waals surface area contributed by atoms with E-state index in [2.05, 4.69) is 0 Å². The van der Waals surface area contributed by atoms with E-state index in [1.807, 2.05) is 0 Å². The Bertz CT molecular complexity index is 233. The Morgan fingerprint density at radius 1 is 1.50 bits per heavy atom. The Kier molecular flexibility index (Phi) is 1.66. The van der Waals surface area contributed by atoms with Gasteiger partial charge in [-0.05, 0) is 13.0 Å². The molecule has 0 atom stereocenters. The van der Waals surface area contributed by atoms with Crippen LogP contribution in [0.25, 0.3) is 0 Å². The molecular weight excluding hydrogens is 128 g/mol. The van der Waals surface area contributed by atoms with Gasteiger partial charge >= 0.3 is 0 Å². The van der Waals surface area contributed by atoms with Gasteiger partial charge in [-0.15, -0.1) is 0 Å². The average molecular weight is 137 g/mol. The molecule has 0 spiro atoms. The summed E-state index contributed by atoms with van der Waals surface area (Å²) in [5, 5.41) is 0. The minimum Gasteiger partial charge on any atom is -0.398 e. The first-order valence-corrected chi connectivity index (χ1v) is 3.14. The molecular formula is C7H9BFN. The van der Waals surface area contributed by atoms with Crippen molar-refractivity contribution in [3.05, 3.63) is 23.5 Å². The second kappa shape index (κ2) is 2.33. The molecule has 0 aliphatic rings. The summed E-state index contributed by atoms with van der Waals surface area (Å²) in [7, 11) is 1.72. The highest BCUT2D eigenvalue weighted by Crippen LogP contribution is 2.10. The fraction of sp³-hybridized carbons (Fsp3) is 0.143. The van der Waals surface area contributed by atoms with Crippen molar-refractivity contribution in [1.29, 1.82) is 0 Å². The Hall–Kier alpha value is -0.985. The zero-order valence-corrected chi connectivity index (χ0v) is 6.11. The van der Waals surface area contributed by atoms with Crippen molar-refractivity contribution in [3.63, 3.8) is 0 Å². The molecule has 0 fully saturated rings. The highest BCUT2D eigenvalue weighted by atomic mass is 19.1. The Morgan fingerprint density at radius 2 is 2.10 bits per heavy atom. The molecule has 0 aromatic heterocycles. The zero-order valence-electron chi connectivity index (χ0n) is 6.11. The van der Waals surface area contributed by atoms with Crippen LogP contribution in [0.1, 0.15) is 5.56 Å². The zero-order chi connectivity index (χ0) is 7.72. The molecule has 0 aliphatic carbocycles. The number of nitrogen functional groups attached to an aromatic ring is 1. The van der Waals surface area contributed by atoms with Crippen molar-refractivity contribution in [2.75, 3.05) is 5.73 Å². The van der Waals surface area contributed by atoms with Gasteiger partial charge in [-0.2, -0.15) is 0 Å². The number of anilines is 1. The van der Waals surface area contributed by atoms with Crippen LogP contribution in [0.2, 0.25) is 0 Å². The molecule has 0 aliphatic heterocycles. The molecule has 0 amide bonds. The third kappa shape index (κ3) is 0.990. The number of hydrogen-bond acceptors (Lipinski definition) is 1. The van der Waals surface area contributed by atoms with Gasteiger partial charge in [-0.3, -0.25) is 0 Å². The molecule has 1 aromatic rings. The Labute approximate surface area is 60.5 Å². The van der Waals surface area contributed by atoms with E-state index in [4.69, 9.17) is 5.73 Å². The number of benzene rings is 1. The number of halogens is 1. The molecule has 0 bridgehead atoms. The smallest absolute Gasteiger partial charge is 0.143 e. The molecule has 0 heterocycles. The molecule has 0 saturated carbocycles.